The summed E-state index contributed by atoms with van der Waals surface area (Å²) in [5.41, 5.74) is 0. The second kappa shape index (κ2) is 6.31. The van der Waals surface area contributed by atoms with Gasteiger partial charge in [0, 0.05) is 4.47 Å². The molecule has 0 aliphatic rings. The Bertz CT molecular complexity index is 576. The lowest BCUT2D eigenvalue weighted by Gasteiger charge is -2.12. The number of nitrogens with zero attached hydrogens (tertiary/aromatic N) is 4. The molecule has 1 heterocycles. The van der Waals surface area contributed by atoms with Gasteiger partial charge in [-0.2, -0.15) is 5.26 Å². The summed E-state index contributed by atoms with van der Waals surface area (Å²) in [5, 5.41) is 22.2. The van der Waals surface area contributed by atoms with Crippen molar-refractivity contribution >= 4 is 15.9 Å². The SMILES string of the molecule is N#Cc1ncn(CC(O)COc2ccc(Br)cc2)n1. The first-order valence-electron chi connectivity index (χ1n) is 5.53. The summed E-state index contributed by atoms with van der Waals surface area (Å²) in [6, 6.07) is 9.15. The summed E-state index contributed by atoms with van der Waals surface area (Å²) in [7, 11) is 0. The predicted octanol–water partition coefficient (Wildman–Crippen LogP) is 1.35. The summed E-state index contributed by atoms with van der Waals surface area (Å²) < 4.78 is 7.81. The molecule has 0 aliphatic carbocycles. The first-order valence-corrected chi connectivity index (χ1v) is 6.32. The largest absolute Gasteiger partial charge is 0.491 e. The number of halogens is 1. The summed E-state index contributed by atoms with van der Waals surface area (Å²) in [4.78, 5) is 3.75. The maximum Gasteiger partial charge on any atom is 0.252 e. The van der Waals surface area contributed by atoms with Crippen molar-refractivity contribution in [1.29, 1.82) is 5.26 Å². The third-order valence-electron chi connectivity index (χ3n) is 2.29. The molecule has 98 valence electrons. The van der Waals surface area contributed by atoms with E-state index in [1.165, 1.54) is 11.0 Å². The van der Waals surface area contributed by atoms with E-state index in [9.17, 15) is 5.11 Å². The highest BCUT2D eigenvalue weighted by Gasteiger charge is 2.08. The zero-order valence-electron chi connectivity index (χ0n) is 9.90. The Balaban J connectivity index is 1.83. The van der Waals surface area contributed by atoms with Crippen LogP contribution >= 0.6 is 15.9 Å². The molecule has 2 rings (SSSR count). The quantitative estimate of drug-likeness (QED) is 0.898. The Morgan fingerprint density at radius 2 is 2.16 bits per heavy atom. The molecular formula is C12H11BrN4O2. The molecule has 0 fully saturated rings. The van der Waals surface area contributed by atoms with Gasteiger partial charge in [-0.05, 0) is 24.3 Å². The number of aliphatic hydroxyl groups excluding tert-OH is 1. The molecule has 7 heteroatoms. The molecule has 0 saturated carbocycles. The van der Waals surface area contributed by atoms with E-state index in [0.717, 1.165) is 4.47 Å². The second-order valence-corrected chi connectivity index (χ2v) is 4.74. The van der Waals surface area contributed by atoms with Crippen molar-refractivity contribution in [2.75, 3.05) is 6.61 Å². The van der Waals surface area contributed by atoms with Crippen LogP contribution < -0.4 is 4.74 Å². The number of hydrogen-bond donors (Lipinski definition) is 1. The van der Waals surface area contributed by atoms with E-state index < -0.39 is 6.10 Å². The van der Waals surface area contributed by atoms with Gasteiger partial charge in [0.15, 0.2) is 0 Å². The van der Waals surface area contributed by atoms with Crippen LogP contribution in [0.4, 0.5) is 0 Å². The third-order valence-corrected chi connectivity index (χ3v) is 2.82. The predicted molar refractivity (Wildman–Crippen MR) is 70.4 cm³/mol. The van der Waals surface area contributed by atoms with Gasteiger partial charge >= 0.3 is 0 Å². The molecule has 19 heavy (non-hydrogen) atoms. The highest BCUT2D eigenvalue weighted by atomic mass is 79.9. The van der Waals surface area contributed by atoms with E-state index in [1.54, 1.807) is 12.1 Å². The maximum absolute atomic E-state index is 9.79. The van der Waals surface area contributed by atoms with Crippen molar-refractivity contribution in [3.05, 3.63) is 40.9 Å². The van der Waals surface area contributed by atoms with Crippen LogP contribution in [-0.2, 0) is 6.54 Å². The highest BCUT2D eigenvalue weighted by molar-refractivity contribution is 9.10. The third kappa shape index (κ3) is 4.05. The average molecular weight is 323 g/mol. The lowest BCUT2D eigenvalue weighted by Crippen LogP contribution is -2.23. The molecule has 0 bridgehead atoms. The highest BCUT2D eigenvalue weighted by Crippen LogP contribution is 2.16. The molecule has 0 amide bonds. The van der Waals surface area contributed by atoms with Crippen LogP contribution in [0.15, 0.2) is 35.1 Å². The number of benzene rings is 1. The van der Waals surface area contributed by atoms with Crippen LogP contribution in [-0.4, -0.2) is 32.6 Å². The van der Waals surface area contributed by atoms with E-state index in [-0.39, 0.29) is 19.0 Å². The summed E-state index contributed by atoms with van der Waals surface area (Å²) in [5.74, 6) is 0.764. The number of aromatic nitrogens is 3. The van der Waals surface area contributed by atoms with E-state index in [1.807, 2.05) is 18.2 Å². The first-order chi connectivity index (χ1) is 9.17. The van der Waals surface area contributed by atoms with Crippen molar-refractivity contribution in [3.8, 4) is 11.8 Å². The Morgan fingerprint density at radius 1 is 1.42 bits per heavy atom. The molecule has 0 saturated heterocycles. The van der Waals surface area contributed by atoms with Gasteiger partial charge in [0.2, 0.25) is 0 Å². The van der Waals surface area contributed by atoms with Gasteiger partial charge < -0.3 is 9.84 Å². The van der Waals surface area contributed by atoms with E-state index in [4.69, 9.17) is 10.00 Å². The number of aliphatic hydroxyl groups is 1. The molecule has 2 aromatic rings. The molecule has 1 aromatic heterocycles. The van der Waals surface area contributed by atoms with Gasteiger partial charge in [-0.25, -0.2) is 9.67 Å². The molecule has 1 atom stereocenters. The monoisotopic (exact) mass is 322 g/mol. The molecule has 1 unspecified atom stereocenters. The minimum Gasteiger partial charge on any atom is -0.491 e. The van der Waals surface area contributed by atoms with Crippen molar-refractivity contribution in [2.24, 2.45) is 0 Å². The van der Waals surface area contributed by atoms with Crippen molar-refractivity contribution in [1.82, 2.24) is 14.8 Å². The molecule has 0 radical (unpaired) electrons. The zero-order chi connectivity index (χ0) is 13.7. The van der Waals surface area contributed by atoms with Gasteiger partial charge in [0.1, 0.15) is 30.9 Å². The van der Waals surface area contributed by atoms with E-state index in [2.05, 4.69) is 26.0 Å². The first kappa shape index (κ1) is 13.5. The van der Waals surface area contributed by atoms with Crippen LogP contribution in [0.2, 0.25) is 0 Å². The topological polar surface area (TPSA) is 84.0 Å². The Hall–Kier alpha value is -1.91. The van der Waals surface area contributed by atoms with Crippen LogP contribution in [0.1, 0.15) is 5.82 Å². The smallest absolute Gasteiger partial charge is 0.252 e. The lowest BCUT2D eigenvalue weighted by molar-refractivity contribution is 0.0892. The van der Waals surface area contributed by atoms with Gasteiger partial charge in [0.25, 0.3) is 5.82 Å². The molecular weight excluding hydrogens is 312 g/mol. The molecule has 1 aromatic carbocycles. The van der Waals surface area contributed by atoms with Crippen molar-refractivity contribution < 1.29 is 9.84 Å². The summed E-state index contributed by atoms with van der Waals surface area (Å²) in [6.07, 6.45) is 0.679. The minimum absolute atomic E-state index is 0.0843. The number of ether oxygens (including phenoxy) is 1. The van der Waals surface area contributed by atoms with Crippen LogP contribution in [0.5, 0.6) is 5.75 Å². The second-order valence-electron chi connectivity index (χ2n) is 3.82. The summed E-state index contributed by atoms with van der Waals surface area (Å²) in [6.45, 7) is 0.370. The van der Waals surface area contributed by atoms with Crippen molar-refractivity contribution in [2.45, 2.75) is 12.6 Å². The minimum atomic E-state index is -0.725. The normalized spacial score (nSPS) is 11.8. The van der Waals surface area contributed by atoms with Gasteiger partial charge in [-0.1, -0.05) is 15.9 Å². The molecule has 1 N–H and O–H groups in total. The molecule has 0 aliphatic heterocycles. The van der Waals surface area contributed by atoms with Gasteiger partial charge in [-0.15, -0.1) is 5.10 Å². The zero-order valence-corrected chi connectivity index (χ0v) is 11.5. The van der Waals surface area contributed by atoms with E-state index in [0.29, 0.717) is 5.75 Å². The van der Waals surface area contributed by atoms with Gasteiger partial charge in [0.05, 0.1) is 6.54 Å². The molecule has 0 spiro atoms. The van der Waals surface area contributed by atoms with E-state index >= 15 is 0 Å². The van der Waals surface area contributed by atoms with Gasteiger partial charge in [-0.3, -0.25) is 0 Å². The number of nitriles is 1. The number of rotatable bonds is 5. The fourth-order valence-corrected chi connectivity index (χ4v) is 1.69. The molecule has 6 nitrogen and oxygen atoms in total. The Morgan fingerprint density at radius 3 is 2.79 bits per heavy atom. The lowest BCUT2D eigenvalue weighted by atomic mass is 10.3. The van der Waals surface area contributed by atoms with Crippen LogP contribution in [0, 0.1) is 11.3 Å². The summed E-state index contributed by atoms with van der Waals surface area (Å²) >= 11 is 3.33. The average Bonchev–Trinajstić information content (AvgIpc) is 2.86. The Labute approximate surface area is 118 Å². The Kier molecular flexibility index (Phi) is 4.49. The number of hydrogen-bond acceptors (Lipinski definition) is 5. The standard InChI is InChI=1S/C12H11BrN4O2/c13-9-1-3-11(4-2-9)19-7-10(18)6-17-8-15-12(5-14)16-17/h1-4,8,10,18H,6-7H2. The van der Waals surface area contributed by atoms with Crippen LogP contribution in [0.25, 0.3) is 0 Å². The fourth-order valence-electron chi connectivity index (χ4n) is 1.43. The maximum atomic E-state index is 9.79. The van der Waals surface area contributed by atoms with Crippen molar-refractivity contribution in [3.63, 3.8) is 0 Å². The van der Waals surface area contributed by atoms with Crippen LogP contribution in [0.3, 0.4) is 0 Å². The fraction of sp³-hybridized carbons (Fsp3) is 0.250.